The molecule has 3 aliphatic carbocycles. The zero-order valence-corrected chi connectivity index (χ0v) is 14.8. The van der Waals surface area contributed by atoms with Crippen LogP contribution in [0.3, 0.4) is 0 Å². The van der Waals surface area contributed by atoms with E-state index < -0.39 is 10.4 Å². The molecule has 0 aromatic carbocycles. The van der Waals surface area contributed by atoms with Crippen LogP contribution in [0.1, 0.15) is 65.7 Å². The standard InChI is InChI=1S/C17H30O4S/c1-11-4-7-16-15(12(11)2)6-5-13-10-14(21-22(18,19)20)8-9-17(13,16)3/h11-16H,4-10H2,1-3H3,(H,18,19,20). The molecule has 3 rings (SSSR count). The van der Waals surface area contributed by atoms with Gasteiger partial charge in [0.05, 0.1) is 6.10 Å². The van der Waals surface area contributed by atoms with Crippen LogP contribution in [0.25, 0.3) is 0 Å². The third-order valence-electron chi connectivity index (χ3n) is 7.46. The van der Waals surface area contributed by atoms with Gasteiger partial charge in [-0.1, -0.05) is 27.2 Å². The second-order valence-corrected chi connectivity index (χ2v) is 9.43. The molecule has 0 amide bonds. The van der Waals surface area contributed by atoms with Crippen LogP contribution >= 0.6 is 0 Å². The summed E-state index contributed by atoms with van der Waals surface area (Å²) in [5.41, 5.74) is 0.330. The lowest BCUT2D eigenvalue weighted by Crippen LogP contribution is -2.51. The van der Waals surface area contributed by atoms with E-state index in [-0.39, 0.29) is 6.10 Å². The summed E-state index contributed by atoms with van der Waals surface area (Å²) in [6.45, 7) is 7.26. The zero-order valence-electron chi connectivity index (χ0n) is 14.0. The van der Waals surface area contributed by atoms with E-state index in [0.717, 1.165) is 42.9 Å². The van der Waals surface area contributed by atoms with Crippen LogP contribution in [0.5, 0.6) is 0 Å². The predicted octanol–water partition coefficient (Wildman–Crippen LogP) is 4.07. The van der Waals surface area contributed by atoms with Crippen molar-refractivity contribution >= 4 is 10.4 Å². The van der Waals surface area contributed by atoms with Gasteiger partial charge >= 0.3 is 10.4 Å². The summed E-state index contributed by atoms with van der Waals surface area (Å²) in [4.78, 5) is 0. The Morgan fingerprint density at radius 2 is 1.82 bits per heavy atom. The predicted molar refractivity (Wildman–Crippen MR) is 85.6 cm³/mol. The molecule has 3 saturated carbocycles. The molecule has 0 saturated heterocycles. The van der Waals surface area contributed by atoms with Crippen molar-refractivity contribution in [2.24, 2.45) is 35.0 Å². The average Bonchev–Trinajstić information content (AvgIpc) is 2.41. The highest BCUT2D eigenvalue weighted by Gasteiger charge is 2.53. The van der Waals surface area contributed by atoms with E-state index in [0.29, 0.717) is 11.3 Å². The van der Waals surface area contributed by atoms with Crippen LogP contribution in [-0.4, -0.2) is 19.1 Å². The second-order valence-electron chi connectivity index (χ2n) is 8.38. The molecule has 7 atom stereocenters. The first-order chi connectivity index (χ1) is 10.2. The number of hydrogen-bond acceptors (Lipinski definition) is 3. The number of fused-ring (bicyclic) bond motifs is 3. The van der Waals surface area contributed by atoms with Crippen molar-refractivity contribution in [2.45, 2.75) is 71.8 Å². The van der Waals surface area contributed by atoms with Gasteiger partial charge in [-0.25, -0.2) is 4.18 Å². The highest BCUT2D eigenvalue weighted by atomic mass is 32.3. The Balaban J connectivity index is 1.74. The Bertz CT molecular complexity index is 517. The minimum absolute atomic E-state index is 0.329. The van der Waals surface area contributed by atoms with Gasteiger partial charge in [0, 0.05) is 0 Å². The van der Waals surface area contributed by atoms with Gasteiger partial charge in [-0.2, -0.15) is 8.42 Å². The molecule has 0 aromatic heterocycles. The van der Waals surface area contributed by atoms with E-state index >= 15 is 0 Å². The second kappa shape index (κ2) is 5.75. The fraction of sp³-hybridized carbons (Fsp3) is 1.00. The first kappa shape index (κ1) is 16.7. The summed E-state index contributed by atoms with van der Waals surface area (Å²) in [6.07, 6.45) is 7.34. The molecule has 0 heterocycles. The van der Waals surface area contributed by atoms with Gasteiger partial charge < -0.3 is 0 Å². The first-order valence-electron chi connectivity index (χ1n) is 8.86. The summed E-state index contributed by atoms with van der Waals surface area (Å²) in [5.74, 6) is 3.80. The van der Waals surface area contributed by atoms with Crippen molar-refractivity contribution in [3.8, 4) is 0 Å². The van der Waals surface area contributed by atoms with Crippen LogP contribution in [0, 0.1) is 35.0 Å². The highest BCUT2D eigenvalue weighted by Crippen LogP contribution is 2.61. The summed E-state index contributed by atoms with van der Waals surface area (Å²) in [5, 5.41) is 0. The van der Waals surface area contributed by atoms with Crippen molar-refractivity contribution in [2.75, 3.05) is 0 Å². The van der Waals surface area contributed by atoms with Crippen molar-refractivity contribution < 1.29 is 17.2 Å². The molecule has 4 nitrogen and oxygen atoms in total. The first-order valence-corrected chi connectivity index (χ1v) is 10.2. The maximum Gasteiger partial charge on any atom is 0.397 e. The summed E-state index contributed by atoms with van der Waals surface area (Å²) >= 11 is 0. The van der Waals surface area contributed by atoms with Crippen LogP contribution in [0.15, 0.2) is 0 Å². The molecule has 0 spiro atoms. The Morgan fingerprint density at radius 1 is 1.09 bits per heavy atom. The number of hydrogen-bond donors (Lipinski definition) is 1. The molecular formula is C17H30O4S. The lowest BCUT2D eigenvalue weighted by Gasteiger charge is -2.58. The topological polar surface area (TPSA) is 63.6 Å². The fourth-order valence-electron chi connectivity index (χ4n) is 5.96. The van der Waals surface area contributed by atoms with E-state index in [9.17, 15) is 8.42 Å². The van der Waals surface area contributed by atoms with E-state index in [2.05, 4.69) is 20.8 Å². The average molecular weight is 330 g/mol. The van der Waals surface area contributed by atoms with E-state index in [1.807, 2.05) is 0 Å². The Labute approximate surface area is 135 Å². The molecule has 1 N–H and O–H groups in total. The van der Waals surface area contributed by atoms with Gasteiger partial charge in [0.15, 0.2) is 0 Å². The van der Waals surface area contributed by atoms with Crippen LogP contribution in [0.2, 0.25) is 0 Å². The molecule has 0 radical (unpaired) electrons. The van der Waals surface area contributed by atoms with E-state index in [4.69, 9.17) is 8.74 Å². The van der Waals surface area contributed by atoms with Gasteiger partial charge in [-0.15, -0.1) is 0 Å². The number of rotatable bonds is 2. The SMILES string of the molecule is CC1CCC2C(CCC3CC(OS(=O)(=O)O)CCC32C)C1C. The lowest BCUT2D eigenvalue weighted by molar-refractivity contribution is -0.102. The molecule has 22 heavy (non-hydrogen) atoms. The summed E-state index contributed by atoms with van der Waals surface area (Å²) < 4.78 is 35.8. The van der Waals surface area contributed by atoms with Crippen molar-refractivity contribution in [1.29, 1.82) is 0 Å². The minimum atomic E-state index is -4.32. The molecule has 3 aliphatic rings. The van der Waals surface area contributed by atoms with Gasteiger partial charge in [0.25, 0.3) is 0 Å². The van der Waals surface area contributed by atoms with Crippen LogP contribution in [0.4, 0.5) is 0 Å². The summed E-state index contributed by atoms with van der Waals surface area (Å²) in [6, 6.07) is 0. The fourth-order valence-corrected chi connectivity index (χ4v) is 6.48. The van der Waals surface area contributed by atoms with E-state index in [1.165, 1.54) is 25.7 Å². The Hall–Kier alpha value is -0.130. The zero-order chi connectivity index (χ0) is 16.1. The van der Waals surface area contributed by atoms with Crippen molar-refractivity contribution in [3.63, 3.8) is 0 Å². The molecule has 128 valence electrons. The molecule has 0 bridgehead atoms. The van der Waals surface area contributed by atoms with Crippen molar-refractivity contribution in [1.82, 2.24) is 0 Å². The van der Waals surface area contributed by atoms with Gasteiger partial charge in [-0.3, -0.25) is 4.55 Å². The Morgan fingerprint density at radius 3 is 2.50 bits per heavy atom. The monoisotopic (exact) mass is 330 g/mol. The minimum Gasteiger partial charge on any atom is -0.264 e. The van der Waals surface area contributed by atoms with Crippen molar-refractivity contribution in [3.05, 3.63) is 0 Å². The quantitative estimate of drug-likeness (QED) is 0.775. The smallest absolute Gasteiger partial charge is 0.264 e. The lowest BCUT2D eigenvalue weighted by atomic mass is 9.47. The molecule has 3 fully saturated rings. The molecular weight excluding hydrogens is 300 g/mol. The summed E-state index contributed by atoms with van der Waals surface area (Å²) in [7, 11) is -4.32. The van der Waals surface area contributed by atoms with Gasteiger partial charge in [0.2, 0.25) is 0 Å². The van der Waals surface area contributed by atoms with Gasteiger partial charge in [0.1, 0.15) is 0 Å². The van der Waals surface area contributed by atoms with Crippen LogP contribution < -0.4 is 0 Å². The maximum absolute atomic E-state index is 11.0. The molecule has 0 aromatic rings. The maximum atomic E-state index is 11.0. The third-order valence-corrected chi connectivity index (χ3v) is 7.98. The third kappa shape index (κ3) is 2.96. The van der Waals surface area contributed by atoms with Crippen LogP contribution in [-0.2, 0) is 14.6 Å². The molecule has 0 aliphatic heterocycles. The Kier molecular flexibility index (Phi) is 4.37. The highest BCUT2D eigenvalue weighted by molar-refractivity contribution is 7.80. The molecule has 7 unspecified atom stereocenters. The normalized spacial score (nSPS) is 49.3. The van der Waals surface area contributed by atoms with Gasteiger partial charge in [-0.05, 0) is 73.5 Å². The largest absolute Gasteiger partial charge is 0.397 e. The van der Waals surface area contributed by atoms with E-state index in [1.54, 1.807) is 0 Å². The molecule has 5 heteroatoms.